The Morgan fingerprint density at radius 3 is 2.79 bits per heavy atom. The number of ether oxygens (including phenoxy) is 1. The Bertz CT molecular complexity index is 332. The van der Waals surface area contributed by atoms with E-state index >= 15 is 0 Å². The van der Waals surface area contributed by atoms with Gasteiger partial charge in [-0.3, -0.25) is 0 Å². The van der Waals surface area contributed by atoms with E-state index in [1.807, 2.05) is 25.1 Å². The molecule has 1 aromatic carbocycles. The van der Waals surface area contributed by atoms with Gasteiger partial charge < -0.3 is 9.84 Å². The molecule has 0 atom stereocenters. The second-order valence-electron chi connectivity index (χ2n) is 3.80. The summed E-state index contributed by atoms with van der Waals surface area (Å²) in [6, 6.07) is 5.71. The Balaban J connectivity index is 2.05. The number of aliphatic hydroxyl groups excluding tert-OH is 1. The number of rotatable bonds is 2. The lowest BCUT2D eigenvalue weighted by Crippen LogP contribution is -2.37. The van der Waals surface area contributed by atoms with E-state index < -0.39 is 0 Å². The average molecular weight is 213 g/mol. The van der Waals surface area contributed by atoms with Crippen molar-refractivity contribution in [2.24, 2.45) is 0 Å². The van der Waals surface area contributed by atoms with Gasteiger partial charge in [-0.25, -0.2) is 0 Å². The van der Waals surface area contributed by atoms with Crippen LogP contribution in [0, 0.1) is 6.92 Å². The maximum absolute atomic E-state index is 9.11. The molecule has 0 radical (unpaired) electrons. The van der Waals surface area contributed by atoms with E-state index in [2.05, 4.69) is 0 Å². The number of hydrogen-bond donors (Lipinski definition) is 1. The topological polar surface area (TPSA) is 29.5 Å². The Morgan fingerprint density at radius 1 is 1.43 bits per heavy atom. The molecule has 1 aromatic rings. The highest BCUT2D eigenvalue weighted by Gasteiger charge is 2.29. The van der Waals surface area contributed by atoms with Gasteiger partial charge in [-0.15, -0.1) is 0 Å². The van der Waals surface area contributed by atoms with Crippen LogP contribution >= 0.6 is 11.6 Å². The molecule has 0 heterocycles. The van der Waals surface area contributed by atoms with Crippen LogP contribution in [0.25, 0.3) is 0 Å². The van der Waals surface area contributed by atoms with Gasteiger partial charge >= 0.3 is 0 Å². The smallest absolute Gasteiger partial charge is 0.138 e. The lowest BCUT2D eigenvalue weighted by molar-refractivity contribution is -0.0107. The van der Waals surface area contributed by atoms with E-state index in [1.165, 1.54) is 0 Å². The van der Waals surface area contributed by atoms with Crippen LogP contribution in [0.5, 0.6) is 5.75 Å². The van der Waals surface area contributed by atoms with Crippen LogP contribution in [0.15, 0.2) is 18.2 Å². The number of hydrogen-bond acceptors (Lipinski definition) is 2. The fraction of sp³-hybridized carbons (Fsp3) is 0.455. The Morgan fingerprint density at radius 2 is 2.14 bits per heavy atom. The van der Waals surface area contributed by atoms with Gasteiger partial charge in [-0.2, -0.15) is 0 Å². The van der Waals surface area contributed by atoms with Gasteiger partial charge in [0, 0.05) is 12.8 Å². The molecule has 1 aliphatic rings. The quantitative estimate of drug-likeness (QED) is 0.817. The lowest BCUT2D eigenvalue weighted by atomic mass is 9.92. The third kappa shape index (κ3) is 2.02. The van der Waals surface area contributed by atoms with Crippen LogP contribution in [-0.2, 0) is 0 Å². The van der Waals surface area contributed by atoms with Crippen molar-refractivity contribution >= 4 is 11.6 Å². The molecule has 1 fully saturated rings. The molecule has 0 saturated heterocycles. The van der Waals surface area contributed by atoms with Crippen LogP contribution in [0.3, 0.4) is 0 Å². The van der Waals surface area contributed by atoms with E-state index in [0.29, 0.717) is 17.9 Å². The predicted octanol–water partition coefficient (Wildman–Crippen LogP) is 2.55. The SMILES string of the molecule is Cc1ccc(Cl)c(OC2CC(O)C2)c1. The van der Waals surface area contributed by atoms with E-state index in [0.717, 1.165) is 11.3 Å². The van der Waals surface area contributed by atoms with Gasteiger partial charge in [0.1, 0.15) is 11.9 Å². The summed E-state index contributed by atoms with van der Waals surface area (Å²) in [5.74, 6) is 0.726. The molecule has 0 aromatic heterocycles. The molecular formula is C11H13ClO2. The van der Waals surface area contributed by atoms with Crippen molar-refractivity contribution < 1.29 is 9.84 Å². The fourth-order valence-electron chi connectivity index (χ4n) is 1.51. The molecule has 2 nitrogen and oxygen atoms in total. The first kappa shape index (κ1) is 9.81. The summed E-state index contributed by atoms with van der Waals surface area (Å²) in [5, 5.41) is 9.74. The third-order valence-corrected chi connectivity index (χ3v) is 2.76. The molecule has 1 N–H and O–H groups in total. The number of aliphatic hydroxyl groups is 1. The van der Waals surface area contributed by atoms with Gasteiger partial charge in [-0.05, 0) is 24.6 Å². The van der Waals surface area contributed by atoms with E-state index in [9.17, 15) is 0 Å². The molecule has 0 bridgehead atoms. The van der Waals surface area contributed by atoms with Crippen molar-refractivity contribution in [2.45, 2.75) is 32.0 Å². The molecule has 14 heavy (non-hydrogen) atoms. The number of aryl methyl sites for hydroxylation is 1. The summed E-state index contributed by atoms with van der Waals surface area (Å²) in [7, 11) is 0. The predicted molar refractivity (Wildman–Crippen MR) is 55.8 cm³/mol. The maximum Gasteiger partial charge on any atom is 0.138 e. The molecule has 1 saturated carbocycles. The van der Waals surface area contributed by atoms with Crippen molar-refractivity contribution in [3.8, 4) is 5.75 Å². The zero-order chi connectivity index (χ0) is 10.1. The summed E-state index contributed by atoms with van der Waals surface area (Å²) in [4.78, 5) is 0. The van der Waals surface area contributed by atoms with Crippen LogP contribution in [0.1, 0.15) is 18.4 Å². The monoisotopic (exact) mass is 212 g/mol. The minimum Gasteiger partial charge on any atom is -0.489 e. The lowest BCUT2D eigenvalue weighted by Gasteiger charge is -2.31. The summed E-state index contributed by atoms with van der Waals surface area (Å²) < 4.78 is 5.64. The molecule has 3 heteroatoms. The van der Waals surface area contributed by atoms with Crippen molar-refractivity contribution in [1.29, 1.82) is 0 Å². The van der Waals surface area contributed by atoms with Crippen LogP contribution in [-0.4, -0.2) is 17.3 Å². The van der Waals surface area contributed by atoms with Crippen molar-refractivity contribution in [3.05, 3.63) is 28.8 Å². The van der Waals surface area contributed by atoms with Crippen molar-refractivity contribution in [3.63, 3.8) is 0 Å². The Kier molecular flexibility index (Phi) is 2.66. The summed E-state index contributed by atoms with van der Waals surface area (Å²) >= 11 is 5.97. The zero-order valence-electron chi connectivity index (χ0n) is 8.03. The first-order valence-electron chi connectivity index (χ1n) is 4.76. The molecule has 0 unspecified atom stereocenters. The molecule has 0 aliphatic heterocycles. The van der Waals surface area contributed by atoms with Gasteiger partial charge in [0.05, 0.1) is 11.1 Å². The Labute approximate surface area is 88.5 Å². The molecule has 2 rings (SSSR count). The zero-order valence-corrected chi connectivity index (χ0v) is 8.79. The normalized spacial score (nSPS) is 25.6. The van der Waals surface area contributed by atoms with Crippen molar-refractivity contribution in [1.82, 2.24) is 0 Å². The molecular weight excluding hydrogens is 200 g/mol. The van der Waals surface area contributed by atoms with E-state index in [4.69, 9.17) is 21.4 Å². The highest BCUT2D eigenvalue weighted by molar-refractivity contribution is 6.32. The van der Waals surface area contributed by atoms with Gasteiger partial charge in [0.15, 0.2) is 0 Å². The largest absolute Gasteiger partial charge is 0.489 e. The minimum atomic E-state index is -0.191. The van der Waals surface area contributed by atoms with Crippen LogP contribution < -0.4 is 4.74 Å². The van der Waals surface area contributed by atoms with Gasteiger partial charge in [0.25, 0.3) is 0 Å². The summed E-state index contributed by atoms with van der Waals surface area (Å²) in [6.45, 7) is 2.00. The van der Waals surface area contributed by atoms with Crippen molar-refractivity contribution in [2.75, 3.05) is 0 Å². The molecule has 0 amide bonds. The second-order valence-corrected chi connectivity index (χ2v) is 4.21. The van der Waals surface area contributed by atoms with Gasteiger partial charge in [-0.1, -0.05) is 17.7 Å². The highest BCUT2D eigenvalue weighted by Crippen LogP contribution is 2.31. The third-order valence-electron chi connectivity index (χ3n) is 2.45. The van der Waals surface area contributed by atoms with Crippen LogP contribution in [0.4, 0.5) is 0 Å². The molecule has 0 spiro atoms. The van der Waals surface area contributed by atoms with E-state index in [1.54, 1.807) is 0 Å². The standard InChI is InChI=1S/C11H13ClO2/c1-7-2-3-10(12)11(4-7)14-9-5-8(13)6-9/h2-4,8-9,13H,5-6H2,1H3. The number of halogens is 1. The fourth-order valence-corrected chi connectivity index (χ4v) is 1.68. The van der Waals surface area contributed by atoms with Crippen LogP contribution in [0.2, 0.25) is 5.02 Å². The second kappa shape index (κ2) is 3.79. The molecule has 1 aliphatic carbocycles. The summed E-state index contributed by atoms with van der Waals surface area (Å²) in [6.07, 6.45) is 1.36. The number of benzene rings is 1. The average Bonchev–Trinajstić information content (AvgIpc) is 2.09. The van der Waals surface area contributed by atoms with E-state index in [-0.39, 0.29) is 12.2 Å². The summed E-state index contributed by atoms with van der Waals surface area (Å²) in [5.41, 5.74) is 1.13. The first-order chi connectivity index (χ1) is 6.65. The maximum atomic E-state index is 9.11. The Hall–Kier alpha value is -0.730. The first-order valence-corrected chi connectivity index (χ1v) is 5.14. The van der Waals surface area contributed by atoms with Gasteiger partial charge in [0.2, 0.25) is 0 Å². The highest BCUT2D eigenvalue weighted by atomic mass is 35.5. The molecule has 76 valence electrons. The minimum absolute atomic E-state index is 0.129.